The number of para-hydroxylation sites is 2. The second-order valence-corrected chi connectivity index (χ2v) is 6.63. The number of carbonyl (C=O) groups excluding carboxylic acids is 3. The van der Waals surface area contributed by atoms with E-state index in [0.717, 1.165) is 11.1 Å². The highest BCUT2D eigenvalue weighted by atomic mass is 16.6. The van der Waals surface area contributed by atoms with E-state index in [1.807, 2.05) is 31.2 Å². The predicted octanol–water partition coefficient (Wildman–Crippen LogP) is 2.33. The standard InChI is InChI=1S/C21H22N2O5/c1-13-7-9-15(10-8-13)12-22-20(25)14(2)27-19(24)11-18-21(26)23-16-5-3-4-6-17(16)28-18/h3-10,14,18H,11-12H2,1-2H3,(H,22,25)(H,23,26)/t14-,18-/m1/s1. The zero-order valence-electron chi connectivity index (χ0n) is 15.7. The number of hydrogen-bond acceptors (Lipinski definition) is 5. The summed E-state index contributed by atoms with van der Waals surface area (Å²) in [7, 11) is 0. The molecule has 0 spiro atoms. The number of ether oxygens (including phenoxy) is 2. The number of amides is 2. The summed E-state index contributed by atoms with van der Waals surface area (Å²) in [5.74, 6) is -1.03. The Balaban J connectivity index is 1.48. The van der Waals surface area contributed by atoms with E-state index >= 15 is 0 Å². The van der Waals surface area contributed by atoms with Crippen LogP contribution in [0.3, 0.4) is 0 Å². The fraction of sp³-hybridized carbons (Fsp3) is 0.286. The van der Waals surface area contributed by atoms with Crippen LogP contribution < -0.4 is 15.4 Å². The topological polar surface area (TPSA) is 93.7 Å². The van der Waals surface area contributed by atoms with E-state index in [2.05, 4.69) is 10.6 Å². The number of carbonyl (C=O) groups is 3. The average Bonchev–Trinajstić information content (AvgIpc) is 2.67. The van der Waals surface area contributed by atoms with Crippen molar-refractivity contribution in [3.05, 3.63) is 59.7 Å². The normalized spacial score (nSPS) is 16.2. The van der Waals surface area contributed by atoms with Crippen molar-refractivity contribution in [1.82, 2.24) is 5.32 Å². The van der Waals surface area contributed by atoms with E-state index in [1.165, 1.54) is 6.92 Å². The van der Waals surface area contributed by atoms with Crippen LogP contribution in [0, 0.1) is 6.92 Å². The summed E-state index contributed by atoms with van der Waals surface area (Å²) >= 11 is 0. The summed E-state index contributed by atoms with van der Waals surface area (Å²) < 4.78 is 10.7. The van der Waals surface area contributed by atoms with Crippen LogP contribution in [0.5, 0.6) is 5.75 Å². The number of benzene rings is 2. The van der Waals surface area contributed by atoms with E-state index in [4.69, 9.17) is 9.47 Å². The van der Waals surface area contributed by atoms with Gasteiger partial charge in [-0.15, -0.1) is 0 Å². The van der Waals surface area contributed by atoms with Gasteiger partial charge in [-0.3, -0.25) is 14.4 Å². The first kappa shape index (κ1) is 19.4. The molecule has 2 amide bonds. The Kier molecular flexibility index (Phi) is 5.93. The summed E-state index contributed by atoms with van der Waals surface area (Å²) in [6.45, 7) is 3.81. The highest BCUT2D eigenvalue weighted by molar-refractivity contribution is 5.99. The van der Waals surface area contributed by atoms with Crippen LogP contribution in [0.1, 0.15) is 24.5 Å². The maximum Gasteiger partial charge on any atom is 0.310 e. The molecule has 2 N–H and O–H groups in total. The molecule has 2 aromatic rings. The van der Waals surface area contributed by atoms with Crippen molar-refractivity contribution >= 4 is 23.5 Å². The van der Waals surface area contributed by atoms with Gasteiger partial charge in [0.1, 0.15) is 5.75 Å². The SMILES string of the molecule is Cc1ccc(CNC(=O)[C@@H](C)OC(=O)C[C@H]2Oc3ccccc3NC2=O)cc1. The first-order valence-electron chi connectivity index (χ1n) is 9.01. The van der Waals surface area contributed by atoms with Gasteiger partial charge in [0.15, 0.2) is 12.2 Å². The number of aryl methyl sites for hydroxylation is 1. The molecule has 0 aromatic heterocycles. The van der Waals surface area contributed by atoms with Gasteiger partial charge in [-0.25, -0.2) is 0 Å². The number of fused-ring (bicyclic) bond motifs is 1. The highest BCUT2D eigenvalue weighted by Gasteiger charge is 2.31. The number of nitrogens with one attached hydrogen (secondary N) is 2. The molecular weight excluding hydrogens is 360 g/mol. The second-order valence-electron chi connectivity index (χ2n) is 6.63. The van der Waals surface area contributed by atoms with Crippen molar-refractivity contribution in [2.75, 3.05) is 5.32 Å². The van der Waals surface area contributed by atoms with Crippen LogP contribution in [0.2, 0.25) is 0 Å². The Morgan fingerprint density at radius 2 is 1.89 bits per heavy atom. The Labute approximate surface area is 163 Å². The van der Waals surface area contributed by atoms with Gasteiger partial charge in [-0.2, -0.15) is 0 Å². The molecule has 28 heavy (non-hydrogen) atoms. The zero-order valence-corrected chi connectivity index (χ0v) is 15.7. The third kappa shape index (κ3) is 4.88. The van der Waals surface area contributed by atoms with Crippen LogP contribution in [0.25, 0.3) is 0 Å². The van der Waals surface area contributed by atoms with Crippen LogP contribution in [0.4, 0.5) is 5.69 Å². The van der Waals surface area contributed by atoms with Gasteiger partial charge in [-0.05, 0) is 31.5 Å². The predicted molar refractivity (Wildman–Crippen MR) is 103 cm³/mol. The first-order chi connectivity index (χ1) is 13.4. The van der Waals surface area contributed by atoms with E-state index < -0.39 is 30.0 Å². The van der Waals surface area contributed by atoms with Gasteiger partial charge in [0.25, 0.3) is 11.8 Å². The summed E-state index contributed by atoms with van der Waals surface area (Å²) in [5.41, 5.74) is 2.64. The lowest BCUT2D eigenvalue weighted by molar-refractivity contribution is -0.157. The van der Waals surface area contributed by atoms with Crippen LogP contribution in [-0.2, 0) is 25.7 Å². The summed E-state index contributed by atoms with van der Waals surface area (Å²) in [6.07, 6.45) is -2.25. The molecule has 2 aromatic carbocycles. The minimum atomic E-state index is -0.995. The van der Waals surface area contributed by atoms with Gasteiger partial charge in [0.05, 0.1) is 12.1 Å². The van der Waals surface area contributed by atoms with Crippen LogP contribution in [-0.4, -0.2) is 30.0 Å². The van der Waals surface area contributed by atoms with Crippen molar-refractivity contribution in [3.8, 4) is 5.75 Å². The van der Waals surface area contributed by atoms with Crippen molar-refractivity contribution in [2.45, 2.75) is 39.0 Å². The summed E-state index contributed by atoms with van der Waals surface area (Å²) in [6, 6.07) is 14.7. The fourth-order valence-corrected chi connectivity index (χ4v) is 2.72. The number of esters is 1. The molecule has 0 saturated heterocycles. The zero-order chi connectivity index (χ0) is 20.1. The lowest BCUT2D eigenvalue weighted by Crippen LogP contribution is -2.40. The van der Waals surface area contributed by atoms with Crippen LogP contribution >= 0.6 is 0 Å². The maximum atomic E-state index is 12.1. The van der Waals surface area contributed by atoms with E-state index in [1.54, 1.807) is 24.3 Å². The molecule has 0 bridgehead atoms. The molecule has 0 fully saturated rings. The smallest absolute Gasteiger partial charge is 0.310 e. The molecule has 7 nitrogen and oxygen atoms in total. The van der Waals surface area contributed by atoms with Gasteiger partial charge < -0.3 is 20.1 Å². The van der Waals surface area contributed by atoms with Crippen molar-refractivity contribution in [2.24, 2.45) is 0 Å². The molecule has 0 radical (unpaired) electrons. The monoisotopic (exact) mass is 382 g/mol. The van der Waals surface area contributed by atoms with Gasteiger partial charge in [0, 0.05) is 6.54 Å². The highest BCUT2D eigenvalue weighted by Crippen LogP contribution is 2.29. The molecule has 2 atom stereocenters. The molecule has 1 aliphatic heterocycles. The lowest BCUT2D eigenvalue weighted by atomic mass is 10.1. The molecule has 1 heterocycles. The maximum absolute atomic E-state index is 12.1. The summed E-state index contributed by atoms with van der Waals surface area (Å²) in [5, 5.41) is 5.41. The number of rotatable bonds is 6. The Bertz CT molecular complexity index is 879. The second kappa shape index (κ2) is 8.56. The van der Waals surface area contributed by atoms with Crippen molar-refractivity contribution in [3.63, 3.8) is 0 Å². The Morgan fingerprint density at radius 3 is 2.64 bits per heavy atom. The molecule has 0 unspecified atom stereocenters. The van der Waals surface area contributed by atoms with Gasteiger partial charge in [0.2, 0.25) is 0 Å². The average molecular weight is 382 g/mol. The van der Waals surface area contributed by atoms with E-state index in [-0.39, 0.29) is 6.42 Å². The number of hydrogen-bond donors (Lipinski definition) is 2. The van der Waals surface area contributed by atoms with Crippen LogP contribution in [0.15, 0.2) is 48.5 Å². The molecule has 0 aliphatic carbocycles. The Morgan fingerprint density at radius 1 is 1.18 bits per heavy atom. The minimum Gasteiger partial charge on any atom is -0.478 e. The Hall–Kier alpha value is -3.35. The third-order valence-electron chi connectivity index (χ3n) is 4.32. The van der Waals surface area contributed by atoms with Crippen molar-refractivity contribution < 1.29 is 23.9 Å². The largest absolute Gasteiger partial charge is 0.478 e. The lowest BCUT2D eigenvalue weighted by Gasteiger charge is -2.25. The number of anilines is 1. The van der Waals surface area contributed by atoms with Crippen molar-refractivity contribution in [1.29, 1.82) is 0 Å². The van der Waals surface area contributed by atoms with E-state index in [9.17, 15) is 14.4 Å². The molecular formula is C21H22N2O5. The quantitative estimate of drug-likeness (QED) is 0.748. The molecule has 1 aliphatic rings. The van der Waals surface area contributed by atoms with E-state index in [0.29, 0.717) is 18.0 Å². The van der Waals surface area contributed by atoms with Gasteiger partial charge >= 0.3 is 5.97 Å². The molecule has 7 heteroatoms. The fourth-order valence-electron chi connectivity index (χ4n) is 2.72. The first-order valence-corrected chi connectivity index (χ1v) is 9.01. The third-order valence-corrected chi connectivity index (χ3v) is 4.32. The minimum absolute atomic E-state index is 0.282. The molecule has 3 rings (SSSR count). The molecule has 0 saturated carbocycles. The summed E-state index contributed by atoms with van der Waals surface area (Å²) in [4.78, 5) is 36.3. The van der Waals surface area contributed by atoms with Gasteiger partial charge in [-0.1, -0.05) is 42.0 Å². The molecule has 146 valence electrons.